The third-order valence-corrected chi connectivity index (χ3v) is 5.06. The molecule has 110 valence electrons. The highest BCUT2D eigenvalue weighted by atomic mass is 35.5. The van der Waals surface area contributed by atoms with E-state index in [0.717, 1.165) is 51.6 Å². The molecule has 3 rings (SSSR count). The second kappa shape index (κ2) is 5.58. The minimum Gasteiger partial charge on any atom is -0.393 e. The smallest absolute Gasteiger partial charge is 0.230 e. The molecule has 0 aliphatic carbocycles. The molecule has 0 aromatic rings. The van der Waals surface area contributed by atoms with Gasteiger partial charge in [0.2, 0.25) is 5.91 Å². The zero-order valence-electron chi connectivity index (χ0n) is 11.6. The summed E-state index contributed by atoms with van der Waals surface area (Å²) >= 11 is 0. The van der Waals surface area contributed by atoms with Crippen molar-refractivity contribution in [1.82, 2.24) is 10.2 Å². The second-order valence-electron chi connectivity index (χ2n) is 6.56. The molecule has 3 aliphatic heterocycles. The molecule has 0 radical (unpaired) electrons. The van der Waals surface area contributed by atoms with E-state index < -0.39 is 0 Å². The van der Waals surface area contributed by atoms with Gasteiger partial charge in [-0.1, -0.05) is 0 Å². The van der Waals surface area contributed by atoms with Crippen LogP contribution in [-0.4, -0.2) is 47.2 Å². The fourth-order valence-electron chi connectivity index (χ4n) is 4.03. The Bertz CT molecular complexity index is 330. The molecule has 2 bridgehead atoms. The summed E-state index contributed by atoms with van der Waals surface area (Å²) in [5.74, 6) is 0.328. The number of carbonyl (C=O) groups is 1. The van der Waals surface area contributed by atoms with E-state index in [1.807, 2.05) is 0 Å². The maximum absolute atomic E-state index is 12.8. The molecule has 3 unspecified atom stereocenters. The van der Waals surface area contributed by atoms with Crippen molar-refractivity contribution >= 4 is 18.3 Å². The number of aliphatic hydroxyl groups excluding tert-OH is 1. The summed E-state index contributed by atoms with van der Waals surface area (Å²) in [5, 5.41) is 13.2. The molecular weight excluding hydrogens is 264 g/mol. The second-order valence-corrected chi connectivity index (χ2v) is 6.56. The number of aliphatic hydroxyl groups is 1. The van der Waals surface area contributed by atoms with E-state index in [4.69, 9.17) is 0 Å². The van der Waals surface area contributed by atoms with Crippen LogP contribution in [0.25, 0.3) is 0 Å². The zero-order chi connectivity index (χ0) is 12.8. The quantitative estimate of drug-likeness (QED) is 0.765. The van der Waals surface area contributed by atoms with Crippen LogP contribution in [-0.2, 0) is 4.79 Å². The topological polar surface area (TPSA) is 52.6 Å². The standard InChI is InChI=1S/C14H24N2O2.ClH/c1-14(5-2-6-15-9-14)13(18)16-10-3-4-11(16)8-12(17)7-10;/h10-12,15,17H,2-9H2,1H3;1H. The summed E-state index contributed by atoms with van der Waals surface area (Å²) in [7, 11) is 0. The number of amides is 1. The molecule has 5 heteroatoms. The van der Waals surface area contributed by atoms with E-state index in [0.29, 0.717) is 18.0 Å². The molecule has 3 fully saturated rings. The molecule has 1 amide bonds. The van der Waals surface area contributed by atoms with Crippen LogP contribution < -0.4 is 5.32 Å². The largest absolute Gasteiger partial charge is 0.393 e. The fourth-order valence-corrected chi connectivity index (χ4v) is 4.03. The first-order valence-electron chi connectivity index (χ1n) is 7.32. The van der Waals surface area contributed by atoms with Crippen LogP contribution in [0, 0.1) is 5.41 Å². The lowest BCUT2D eigenvalue weighted by Crippen LogP contribution is -2.56. The third-order valence-electron chi connectivity index (χ3n) is 5.06. The molecule has 0 saturated carbocycles. The maximum atomic E-state index is 12.8. The van der Waals surface area contributed by atoms with E-state index in [1.165, 1.54) is 0 Å². The average Bonchev–Trinajstić information content (AvgIpc) is 2.61. The SMILES string of the molecule is CC1(C(=O)N2C3CCC2CC(O)C3)CCCNC1.Cl. The van der Waals surface area contributed by atoms with E-state index >= 15 is 0 Å². The number of fused-ring (bicyclic) bond motifs is 2. The van der Waals surface area contributed by atoms with E-state index in [-0.39, 0.29) is 23.9 Å². The minimum atomic E-state index is -0.221. The lowest BCUT2D eigenvalue weighted by Gasteiger charge is -2.43. The van der Waals surface area contributed by atoms with Gasteiger partial charge in [-0.2, -0.15) is 0 Å². The average molecular weight is 289 g/mol. The third kappa shape index (κ3) is 2.63. The predicted octanol–water partition coefficient (Wildman–Crippen LogP) is 1.31. The number of hydrogen-bond donors (Lipinski definition) is 2. The Morgan fingerprint density at radius 1 is 1.32 bits per heavy atom. The van der Waals surface area contributed by atoms with Gasteiger partial charge in [0.1, 0.15) is 0 Å². The minimum absolute atomic E-state index is 0. The van der Waals surface area contributed by atoms with Gasteiger partial charge in [0, 0.05) is 18.6 Å². The molecular formula is C14H25ClN2O2. The van der Waals surface area contributed by atoms with Crippen molar-refractivity contribution in [1.29, 1.82) is 0 Å². The van der Waals surface area contributed by atoms with Crippen LogP contribution in [0.4, 0.5) is 0 Å². The van der Waals surface area contributed by atoms with Crippen molar-refractivity contribution in [2.75, 3.05) is 13.1 Å². The van der Waals surface area contributed by atoms with Gasteiger partial charge in [0.15, 0.2) is 0 Å². The van der Waals surface area contributed by atoms with Crippen LogP contribution in [0.3, 0.4) is 0 Å². The van der Waals surface area contributed by atoms with Crippen LogP contribution in [0.5, 0.6) is 0 Å². The number of nitrogens with zero attached hydrogens (tertiary/aromatic N) is 1. The monoisotopic (exact) mass is 288 g/mol. The van der Waals surface area contributed by atoms with Gasteiger partial charge in [-0.3, -0.25) is 4.79 Å². The van der Waals surface area contributed by atoms with Crippen molar-refractivity contribution in [3.05, 3.63) is 0 Å². The van der Waals surface area contributed by atoms with Crippen molar-refractivity contribution in [3.63, 3.8) is 0 Å². The van der Waals surface area contributed by atoms with Gasteiger partial charge < -0.3 is 15.3 Å². The summed E-state index contributed by atoms with van der Waals surface area (Å²) in [6.45, 7) is 3.95. The molecule has 2 N–H and O–H groups in total. The molecule has 4 nitrogen and oxygen atoms in total. The Morgan fingerprint density at radius 3 is 2.47 bits per heavy atom. The van der Waals surface area contributed by atoms with Crippen molar-refractivity contribution in [2.45, 2.75) is 63.6 Å². The molecule has 0 aromatic heterocycles. The summed E-state index contributed by atoms with van der Waals surface area (Å²) in [4.78, 5) is 15.0. The lowest BCUT2D eigenvalue weighted by atomic mass is 9.80. The van der Waals surface area contributed by atoms with Gasteiger partial charge in [-0.15, -0.1) is 12.4 Å². The van der Waals surface area contributed by atoms with Crippen LogP contribution in [0.1, 0.15) is 45.4 Å². The number of carbonyl (C=O) groups excluding carboxylic acids is 1. The molecule has 0 spiro atoms. The van der Waals surface area contributed by atoms with Crippen molar-refractivity contribution in [3.8, 4) is 0 Å². The Kier molecular flexibility index (Phi) is 4.43. The zero-order valence-corrected chi connectivity index (χ0v) is 12.4. The summed E-state index contributed by atoms with van der Waals surface area (Å²) in [5.41, 5.74) is -0.221. The van der Waals surface area contributed by atoms with Gasteiger partial charge in [0.05, 0.1) is 11.5 Å². The highest BCUT2D eigenvalue weighted by Gasteiger charge is 2.48. The first-order chi connectivity index (χ1) is 8.60. The summed E-state index contributed by atoms with van der Waals surface area (Å²) in [6, 6.07) is 0.593. The van der Waals surface area contributed by atoms with E-state index in [2.05, 4.69) is 17.1 Å². The van der Waals surface area contributed by atoms with Crippen molar-refractivity contribution in [2.24, 2.45) is 5.41 Å². The summed E-state index contributed by atoms with van der Waals surface area (Å²) in [6.07, 6.45) is 5.63. The van der Waals surface area contributed by atoms with Crippen LogP contribution in [0.15, 0.2) is 0 Å². The van der Waals surface area contributed by atoms with Crippen LogP contribution >= 0.6 is 12.4 Å². The number of nitrogens with one attached hydrogen (secondary N) is 1. The van der Waals surface area contributed by atoms with Crippen LogP contribution in [0.2, 0.25) is 0 Å². The van der Waals surface area contributed by atoms with E-state index in [1.54, 1.807) is 0 Å². The molecule has 3 aliphatic rings. The first-order valence-corrected chi connectivity index (χ1v) is 7.32. The maximum Gasteiger partial charge on any atom is 0.230 e. The van der Waals surface area contributed by atoms with Gasteiger partial charge >= 0.3 is 0 Å². The highest BCUT2D eigenvalue weighted by molar-refractivity contribution is 5.85. The van der Waals surface area contributed by atoms with Gasteiger partial charge in [-0.25, -0.2) is 0 Å². The molecule has 0 aromatic carbocycles. The summed E-state index contributed by atoms with van der Waals surface area (Å²) < 4.78 is 0. The Balaban J connectivity index is 0.00000133. The Morgan fingerprint density at radius 2 is 1.95 bits per heavy atom. The number of hydrogen-bond acceptors (Lipinski definition) is 3. The van der Waals surface area contributed by atoms with Gasteiger partial charge in [-0.05, 0) is 52.0 Å². The predicted molar refractivity (Wildman–Crippen MR) is 76.4 cm³/mol. The van der Waals surface area contributed by atoms with Crippen molar-refractivity contribution < 1.29 is 9.90 Å². The normalized spacial score (nSPS) is 41.8. The number of rotatable bonds is 1. The Hall–Kier alpha value is -0.320. The molecule has 3 saturated heterocycles. The lowest BCUT2D eigenvalue weighted by molar-refractivity contribution is -0.148. The fraction of sp³-hybridized carbons (Fsp3) is 0.929. The van der Waals surface area contributed by atoms with E-state index in [9.17, 15) is 9.90 Å². The first kappa shape index (κ1) is 15.1. The number of piperidine rings is 2. The molecule has 3 atom stereocenters. The Labute approximate surface area is 121 Å². The van der Waals surface area contributed by atoms with Gasteiger partial charge in [0.25, 0.3) is 0 Å². The molecule has 3 heterocycles. The molecule has 19 heavy (non-hydrogen) atoms. The highest BCUT2D eigenvalue weighted by Crippen LogP contribution is 2.40. The number of halogens is 1.